The molecule has 0 bridgehead atoms. The molecule has 0 spiro atoms. The van der Waals surface area contributed by atoms with E-state index in [2.05, 4.69) is 97.6 Å². The Labute approximate surface area is 477 Å². The molecule has 7 aromatic carbocycles. The van der Waals surface area contributed by atoms with Crippen LogP contribution in [0.5, 0.6) is 5.75 Å². The molecule has 2 heterocycles. The summed E-state index contributed by atoms with van der Waals surface area (Å²) in [7, 11) is -0.880. The molecule has 1 unspecified atom stereocenters. The van der Waals surface area contributed by atoms with Gasteiger partial charge in [-0.05, 0) is 208 Å². The maximum absolute atomic E-state index is 16.2. The monoisotopic (exact) mass is 1090 g/mol. The number of carbonyl (C=O) groups is 3. The Morgan fingerprint density at radius 2 is 1.32 bits per heavy atom. The third-order valence-corrected chi connectivity index (χ3v) is 16.3. The zero-order chi connectivity index (χ0) is 57.5. The van der Waals surface area contributed by atoms with Gasteiger partial charge in [0.15, 0.2) is 5.78 Å². The Morgan fingerprint density at radius 3 is 2.00 bits per heavy atom. The summed E-state index contributed by atoms with van der Waals surface area (Å²) in [4.78, 5) is 41.3. The molecule has 7 nitrogen and oxygen atoms in total. The van der Waals surface area contributed by atoms with Crippen molar-refractivity contribution < 1.29 is 32.5 Å². The van der Waals surface area contributed by atoms with Gasteiger partial charge >= 0.3 is 19.3 Å². The van der Waals surface area contributed by atoms with Crippen LogP contribution in [-0.4, -0.2) is 54.2 Å². The van der Waals surface area contributed by atoms with Gasteiger partial charge in [-0.1, -0.05) is 138 Å². The Kier molecular flexibility index (Phi) is 18.6. The smallest absolute Gasteiger partial charge is 0.463 e. The second kappa shape index (κ2) is 25.9. The molecule has 0 amide bonds. The van der Waals surface area contributed by atoms with Crippen molar-refractivity contribution >= 4 is 79.9 Å². The Morgan fingerprint density at radius 1 is 0.704 bits per heavy atom. The number of benzene rings is 7. The number of aryl methyl sites for hydroxylation is 3. The van der Waals surface area contributed by atoms with Crippen LogP contribution in [0.1, 0.15) is 151 Å². The molecule has 0 N–H and O–H groups in total. The van der Waals surface area contributed by atoms with Gasteiger partial charge in [0.1, 0.15) is 5.75 Å². The van der Waals surface area contributed by atoms with Gasteiger partial charge in [-0.25, -0.2) is 4.79 Å². The van der Waals surface area contributed by atoms with Crippen LogP contribution in [0.15, 0.2) is 138 Å². The van der Waals surface area contributed by atoms with Crippen molar-refractivity contribution in [1.29, 1.82) is 0 Å². The first-order valence-corrected chi connectivity index (χ1v) is 29.7. The van der Waals surface area contributed by atoms with Crippen LogP contribution >= 0.6 is 0 Å². The molecule has 3 aliphatic rings. The number of ether oxygens (including phenoxy) is 2. The summed E-state index contributed by atoms with van der Waals surface area (Å²) in [5.74, 6) is -0.391. The quantitative estimate of drug-likeness (QED) is 0.0254. The molecule has 1 aliphatic heterocycles. The molecule has 8 aromatic rings. The van der Waals surface area contributed by atoms with E-state index in [0.717, 1.165) is 101 Å². The van der Waals surface area contributed by atoms with Gasteiger partial charge in [0.05, 0.1) is 18.3 Å². The number of rotatable bonds is 15. The number of likely N-dealkylation sites (N-methyl/N-ethyl adjacent to an activating group) is 1. The fraction of sp³-hybridized carbons (Fsp3) is 0.338. The number of carbonyl (C=O) groups excluding carboxylic acids is 3. The third-order valence-electron chi connectivity index (χ3n) is 16.3. The Balaban J connectivity index is 0.00000153. The average molecular weight is 1090 g/mol. The number of halogens is 2. The second-order valence-electron chi connectivity index (χ2n) is 21.6. The van der Waals surface area contributed by atoms with Gasteiger partial charge in [0, 0.05) is 42.9 Å². The summed E-state index contributed by atoms with van der Waals surface area (Å²) in [6.45, 7) is 16.2. The van der Waals surface area contributed by atoms with Gasteiger partial charge in [0.25, 0.3) is 0 Å². The van der Waals surface area contributed by atoms with Crippen molar-refractivity contribution in [3.05, 3.63) is 183 Å². The van der Waals surface area contributed by atoms with Gasteiger partial charge in [-0.15, -0.1) is 0 Å². The van der Waals surface area contributed by atoms with Crippen LogP contribution < -0.4 is 4.74 Å². The summed E-state index contributed by atoms with van der Waals surface area (Å²) in [6, 6.07) is 35.6. The highest BCUT2D eigenvalue weighted by atomic mass is 19.2. The number of esters is 2. The van der Waals surface area contributed by atoms with E-state index in [0.29, 0.717) is 36.4 Å². The number of aromatic nitrogens is 1. The molecule has 0 fully saturated rings. The molecule has 81 heavy (non-hydrogen) atoms. The van der Waals surface area contributed by atoms with Crippen LogP contribution in [0, 0.1) is 13.8 Å². The molecule has 418 valence electrons. The van der Waals surface area contributed by atoms with Crippen molar-refractivity contribution in [2.75, 3.05) is 13.7 Å². The summed E-state index contributed by atoms with van der Waals surface area (Å²) >= 11 is 0. The van der Waals surface area contributed by atoms with E-state index in [9.17, 15) is 14.4 Å². The van der Waals surface area contributed by atoms with Crippen LogP contribution in [-0.2, 0) is 38.4 Å². The van der Waals surface area contributed by atoms with E-state index < -0.39 is 13.4 Å². The average Bonchev–Trinajstić information content (AvgIpc) is 4.09. The minimum Gasteiger partial charge on any atom is -0.463 e. The predicted molar refractivity (Wildman–Crippen MR) is 333 cm³/mol. The fourth-order valence-electron chi connectivity index (χ4n) is 13.0. The molecule has 0 saturated heterocycles. The second-order valence-corrected chi connectivity index (χ2v) is 21.6. The highest BCUT2D eigenvalue weighted by molar-refractivity contribution is 6.42. The SMILES string of the molecule is CC.CCC.CCOC(=O)/C=C/C1C2=C(CCCC2)/C(=C(\c2c(C)cc(-c3cccc(OC(=O)CCCc4ccc5c6cccc7cccc(c8cccc4c85)c76)c3)cc2C)c2c3c(c(/C=C/C(=O)CC)n2B(F)F)CCCC3)N1C. The van der Waals surface area contributed by atoms with E-state index in [-0.39, 0.29) is 37.2 Å². The first kappa shape index (κ1) is 58.1. The van der Waals surface area contributed by atoms with Crippen LogP contribution in [0.2, 0.25) is 0 Å². The summed E-state index contributed by atoms with van der Waals surface area (Å²) in [5.41, 5.74) is 12.3. The Bertz CT molecular complexity index is 3710. The number of ketones is 1. The van der Waals surface area contributed by atoms with E-state index in [4.69, 9.17) is 9.47 Å². The standard InChI is InChI=1S/C66H63BF2N2O5.C3H8.C2H6/c1-6-46(72)32-34-58-50-23-9-11-25-56(50)66(71(58)67(68)69)64(65-55-24-10-8-22-49(55)57(70(65)5)35-36-59(73)75-7-2)61-40(3)37-45(38-41(61)4)44-20-12-21-47(39-44)76-60(74)30-15-17-42-31-33-54-52-28-14-19-43-18-13-27-51(62(43)52)53-29-16-26-48(42)63(53)54;1-3-2;1-2/h12-14,16,18-21,26-29,31-39,57H,6-11,15,17,22-25,30H2,1-5H3;3H2,1-2H3;1-2H3/b34-32+,36-35+,65-64-;;. The lowest BCUT2D eigenvalue weighted by Gasteiger charge is -2.29. The number of nitrogens with zero attached hydrogens (tertiary/aromatic N) is 2. The number of hydrogen-bond donors (Lipinski definition) is 0. The molecular weight excluding hydrogens is 1010 g/mol. The third kappa shape index (κ3) is 11.5. The zero-order valence-electron chi connectivity index (χ0n) is 48.9. The van der Waals surface area contributed by atoms with E-state index in [1.807, 2.05) is 65.1 Å². The van der Waals surface area contributed by atoms with Crippen molar-refractivity contribution in [2.45, 2.75) is 145 Å². The van der Waals surface area contributed by atoms with Crippen molar-refractivity contribution in [3.8, 4) is 16.9 Å². The topological polar surface area (TPSA) is 77.8 Å². The van der Waals surface area contributed by atoms with Gasteiger partial charge in [-0.3, -0.25) is 18.2 Å². The fourth-order valence-corrected chi connectivity index (χ4v) is 13.0. The normalized spacial score (nSPS) is 15.7. The molecule has 11 rings (SSSR count). The lowest BCUT2D eigenvalue weighted by Crippen LogP contribution is -2.27. The largest absolute Gasteiger partial charge is 0.678 e. The van der Waals surface area contributed by atoms with Crippen molar-refractivity contribution in [2.24, 2.45) is 0 Å². The molecule has 1 aromatic heterocycles. The maximum Gasteiger partial charge on any atom is 0.678 e. The highest BCUT2D eigenvalue weighted by Gasteiger charge is 2.41. The lowest BCUT2D eigenvalue weighted by atomic mass is 9.82. The van der Waals surface area contributed by atoms with Crippen molar-refractivity contribution in [3.63, 3.8) is 0 Å². The van der Waals surface area contributed by atoms with Gasteiger partial charge in [-0.2, -0.15) is 0 Å². The molecule has 1 atom stereocenters. The molecule has 2 aliphatic carbocycles. The first-order valence-electron chi connectivity index (χ1n) is 29.7. The summed E-state index contributed by atoms with van der Waals surface area (Å²) in [6.07, 6.45) is 16.1. The van der Waals surface area contributed by atoms with Gasteiger partial charge in [0.2, 0.25) is 0 Å². The van der Waals surface area contributed by atoms with E-state index in [1.165, 1.54) is 77.3 Å². The van der Waals surface area contributed by atoms with E-state index in [1.54, 1.807) is 19.9 Å². The zero-order valence-corrected chi connectivity index (χ0v) is 48.9. The summed E-state index contributed by atoms with van der Waals surface area (Å²) in [5, 5.41) is 10.0. The highest BCUT2D eigenvalue weighted by Crippen LogP contribution is 2.50. The van der Waals surface area contributed by atoms with Crippen LogP contribution in [0.3, 0.4) is 0 Å². The first-order chi connectivity index (χ1) is 39.4. The van der Waals surface area contributed by atoms with E-state index >= 15 is 8.63 Å². The van der Waals surface area contributed by atoms with Crippen LogP contribution in [0.25, 0.3) is 65.9 Å². The number of fused-ring (bicyclic) bond motifs is 3. The number of allylic oxidation sites excluding steroid dienone is 2. The van der Waals surface area contributed by atoms with Crippen LogP contribution in [0.4, 0.5) is 8.63 Å². The molecule has 0 radical (unpaired) electrons. The van der Waals surface area contributed by atoms with Gasteiger partial charge < -0.3 is 18.9 Å². The number of hydrogen-bond acceptors (Lipinski definition) is 6. The lowest BCUT2D eigenvalue weighted by molar-refractivity contribution is -0.137. The molecule has 0 saturated carbocycles. The van der Waals surface area contributed by atoms with Crippen molar-refractivity contribution in [1.82, 2.24) is 9.38 Å². The summed E-state index contributed by atoms with van der Waals surface area (Å²) < 4.78 is 44.9. The minimum absolute atomic E-state index is 0.123. The maximum atomic E-state index is 16.2. The molecule has 10 heteroatoms. The minimum atomic E-state index is -2.89. The Hall–Kier alpha value is -7.59. The predicted octanol–water partition coefficient (Wildman–Crippen LogP) is 17.9. The molecular formula is C71H77BF2N2O5.